The highest BCUT2D eigenvalue weighted by Crippen LogP contribution is 2.39. The standard InChI is InChI=1S/C26H23F4N3O2/c1-16-3-8-23(33-10-9-18(13-24(16)33)17-4-6-20(27)7-5-17)19-11-21(14-22(12-19)35-2)32-25(34)31-15-26(28,29)30/h4-14H,3,15H2,1-2H3,(H2,31,32,34). The highest BCUT2D eigenvalue weighted by Gasteiger charge is 2.28. The second-order valence-corrected chi connectivity index (χ2v) is 8.12. The Morgan fingerprint density at radius 3 is 2.54 bits per heavy atom. The Labute approximate surface area is 200 Å². The summed E-state index contributed by atoms with van der Waals surface area (Å²) in [5, 5.41) is 4.23. The molecule has 2 aromatic rings. The van der Waals surface area contributed by atoms with Gasteiger partial charge in [-0.1, -0.05) is 18.2 Å². The normalized spacial score (nSPS) is 15.3. The van der Waals surface area contributed by atoms with E-state index in [0.29, 0.717) is 17.7 Å². The molecule has 2 heterocycles. The monoisotopic (exact) mass is 485 g/mol. The molecule has 0 bridgehead atoms. The van der Waals surface area contributed by atoms with Gasteiger partial charge in [0.05, 0.1) is 7.11 Å². The van der Waals surface area contributed by atoms with E-state index < -0.39 is 18.8 Å². The predicted octanol–water partition coefficient (Wildman–Crippen LogP) is 6.45. The van der Waals surface area contributed by atoms with Crippen LogP contribution >= 0.6 is 0 Å². The van der Waals surface area contributed by atoms with Crippen molar-refractivity contribution < 1.29 is 27.1 Å². The average molecular weight is 485 g/mol. The van der Waals surface area contributed by atoms with E-state index in [9.17, 15) is 22.4 Å². The molecule has 0 atom stereocenters. The van der Waals surface area contributed by atoms with Crippen molar-refractivity contribution in [2.75, 3.05) is 19.0 Å². The number of allylic oxidation sites excluding steroid dienone is 5. The lowest BCUT2D eigenvalue weighted by Crippen LogP contribution is -2.36. The number of methoxy groups -OCH3 is 1. The van der Waals surface area contributed by atoms with Gasteiger partial charge in [-0.25, -0.2) is 9.18 Å². The molecular weight excluding hydrogens is 462 g/mol. The SMILES string of the molecule is COc1cc(NC(=O)NCC(F)(F)F)cc(C2=CCC(C)=C3C=C(c4ccc(F)cc4)C=CN23)c1. The summed E-state index contributed by atoms with van der Waals surface area (Å²) in [5.41, 5.74) is 5.74. The van der Waals surface area contributed by atoms with Gasteiger partial charge in [-0.15, -0.1) is 0 Å². The van der Waals surface area contributed by atoms with E-state index in [4.69, 9.17) is 4.74 Å². The zero-order valence-corrected chi connectivity index (χ0v) is 19.0. The molecular formula is C26H23F4N3O2. The van der Waals surface area contributed by atoms with Crippen molar-refractivity contribution in [3.63, 3.8) is 0 Å². The molecule has 0 unspecified atom stereocenters. The number of hydrogen-bond donors (Lipinski definition) is 2. The number of nitrogens with zero attached hydrogens (tertiary/aromatic N) is 1. The molecule has 0 spiro atoms. The van der Waals surface area contributed by atoms with Crippen molar-refractivity contribution in [3.05, 3.63) is 95.1 Å². The fourth-order valence-corrected chi connectivity index (χ4v) is 3.86. The summed E-state index contributed by atoms with van der Waals surface area (Å²) >= 11 is 0. The fourth-order valence-electron chi connectivity index (χ4n) is 3.86. The molecule has 182 valence electrons. The minimum atomic E-state index is -4.51. The number of urea groups is 1. The lowest BCUT2D eigenvalue weighted by molar-refractivity contribution is -0.122. The van der Waals surface area contributed by atoms with Gasteiger partial charge in [0.15, 0.2) is 0 Å². The molecule has 5 nitrogen and oxygen atoms in total. The van der Waals surface area contributed by atoms with E-state index in [2.05, 4.69) is 5.32 Å². The van der Waals surface area contributed by atoms with Crippen LogP contribution in [-0.2, 0) is 0 Å². The summed E-state index contributed by atoms with van der Waals surface area (Å²) in [5.74, 6) is 0.134. The molecule has 0 aromatic heterocycles. The molecule has 2 aromatic carbocycles. The number of hydrogen-bond acceptors (Lipinski definition) is 3. The minimum absolute atomic E-state index is 0.288. The third kappa shape index (κ3) is 5.74. The third-order valence-electron chi connectivity index (χ3n) is 5.58. The number of fused-ring (bicyclic) bond motifs is 1. The van der Waals surface area contributed by atoms with Crippen molar-refractivity contribution in [1.82, 2.24) is 10.2 Å². The van der Waals surface area contributed by atoms with Gasteiger partial charge in [-0.2, -0.15) is 13.2 Å². The second kappa shape index (κ2) is 9.69. The van der Waals surface area contributed by atoms with Crippen LogP contribution in [0, 0.1) is 5.82 Å². The minimum Gasteiger partial charge on any atom is -0.497 e. The highest BCUT2D eigenvalue weighted by molar-refractivity contribution is 5.90. The zero-order valence-electron chi connectivity index (χ0n) is 19.0. The van der Waals surface area contributed by atoms with Gasteiger partial charge in [-0.05, 0) is 66.5 Å². The number of ether oxygens (including phenoxy) is 1. The Balaban J connectivity index is 1.60. The molecule has 9 heteroatoms. The third-order valence-corrected chi connectivity index (χ3v) is 5.58. The molecule has 0 fully saturated rings. The number of halogens is 4. The van der Waals surface area contributed by atoms with E-state index in [1.54, 1.807) is 29.6 Å². The van der Waals surface area contributed by atoms with E-state index in [1.165, 1.54) is 25.3 Å². The van der Waals surface area contributed by atoms with Crippen molar-refractivity contribution in [2.24, 2.45) is 0 Å². The Kier molecular flexibility index (Phi) is 6.68. The van der Waals surface area contributed by atoms with Crippen LogP contribution in [-0.4, -0.2) is 30.8 Å². The molecule has 4 rings (SSSR count). The van der Waals surface area contributed by atoms with Crippen LogP contribution in [0.15, 0.2) is 78.2 Å². The maximum atomic E-state index is 13.3. The summed E-state index contributed by atoms with van der Waals surface area (Å²) < 4.78 is 55.9. The summed E-state index contributed by atoms with van der Waals surface area (Å²) in [7, 11) is 1.47. The fraction of sp³-hybridized carbons (Fsp3) is 0.192. The van der Waals surface area contributed by atoms with E-state index in [-0.39, 0.29) is 11.5 Å². The van der Waals surface area contributed by atoms with Gasteiger partial charge >= 0.3 is 12.2 Å². The molecule has 0 aliphatic carbocycles. The Bertz CT molecular complexity index is 1260. The summed E-state index contributed by atoms with van der Waals surface area (Å²) in [4.78, 5) is 14.0. The van der Waals surface area contributed by atoms with Crippen LogP contribution in [0.3, 0.4) is 0 Å². The van der Waals surface area contributed by atoms with E-state index >= 15 is 0 Å². The number of rotatable bonds is 5. The van der Waals surface area contributed by atoms with Crippen molar-refractivity contribution in [1.29, 1.82) is 0 Å². The molecule has 0 radical (unpaired) electrons. The first-order valence-corrected chi connectivity index (χ1v) is 10.8. The number of carbonyl (C=O) groups is 1. The molecule has 35 heavy (non-hydrogen) atoms. The number of nitrogens with one attached hydrogen (secondary N) is 2. The summed E-state index contributed by atoms with van der Waals surface area (Å²) in [6.45, 7) is 0.590. The van der Waals surface area contributed by atoms with E-state index in [1.807, 2.05) is 36.3 Å². The van der Waals surface area contributed by atoms with Gasteiger partial charge in [0.1, 0.15) is 18.1 Å². The smallest absolute Gasteiger partial charge is 0.405 e. The van der Waals surface area contributed by atoms with Crippen LogP contribution in [0.4, 0.5) is 28.0 Å². The Hall–Kier alpha value is -4.01. The first-order chi connectivity index (χ1) is 16.6. The molecule has 0 saturated heterocycles. The maximum Gasteiger partial charge on any atom is 0.405 e. The van der Waals surface area contributed by atoms with Crippen molar-refractivity contribution in [3.8, 4) is 5.75 Å². The van der Waals surface area contributed by atoms with Crippen LogP contribution in [0.2, 0.25) is 0 Å². The van der Waals surface area contributed by atoms with Gasteiger partial charge in [0, 0.05) is 34.9 Å². The number of amides is 2. The summed E-state index contributed by atoms with van der Waals surface area (Å²) in [6, 6.07) is 10.3. The lowest BCUT2D eigenvalue weighted by atomic mass is 9.95. The van der Waals surface area contributed by atoms with Gasteiger partial charge in [0.25, 0.3) is 0 Å². The Morgan fingerprint density at radius 2 is 1.86 bits per heavy atom. The van der Waals surface area contributed by atoms with Crippen LogP contribution in [0.25, 0.3) is 11.3 Å². The highest BCUT2D eigenvalue weighted by atomic mass is 19.4. The zero-order chi connectivity index (χ0) is 25.2. The largest absolute Gasteiger partial charge is 0.497 e. The van der Waals surface area contributed by atoms with Gasteiger partial charge in [-0.3, -0.25) is 0 Å². The van der Waals surface area contributed by atoms with Gasteiger partial charge < -0.3 is 20.3 Å². The quantitative estimate of drug-likeness (QED) is 0.479. The molecule has 2 amide bonds. The maximum absolute atomic E-state index is 13.3. The van der Waals surface area contributed by atoms with Crippen LogP contribution in [0.5, 0.6) is 5.75 Å². The summed E-state index contributed by atoms with van der Waals surface area (Å²) in [6.07, 6.45) is 4.05. The molecule has 0 saturated carbocycles. The van der Waals surface area contributed by atoms with Crippen LogP contribution < -0.4 is 15.4 Å². The molecule has 2 aliphatic rings. The Morgan fingerprint density at radius 1 is 1.11 bits per heavy atom. The number of carbonyl (C=O) groups excluding carboxylic acids is 1. The van der Waals surface area contributed by atoms with Crippen molar-refractivity contribution in [2.45, 2.75) is 19.5 Å². The molecule has 2 N–H and O–H groups in total. The predicted molar refractivity (Wildman–Crippen MR) is 127 cm³/mol. The van der Waals surface area contributed by atoms with E-state index in [0.717, 1.165) is 28.1 Å². The van der Waals surface area contributed by atoms with Gasteiger partial charge in [0.2, 0.25) is 0 Å². The number of anilines is 1. The lowest BCUT2D eigenvalue weighted by Gasteiger charge is -2.33. The first kappa shape index (κ1) is 24.1. The van der Waals surface area contributed by atoms with Crippen LogP contribution in [0.1, 0.15) is 24.5 Å². The number of benzene rings is 2. The first-order valence-electron chi connectivity index (χ1n) is 10.8. The topological polar surface area (TPSA) is 53.6 Å². The number of alkyl halides is 3. The van der Waals surface area contributed by atoms with Crippen molar-refractivity contribution >= 4 is 23.0 Å². The molecule has 2 aliphatic heterocycles. The average Bonchev–Trinajstić information content (AvgIpc) is 2.83. The second-order valence-electron chi connectivity index (χ2n) is 8.12.